The zero-order valence-corrected chi connectivity index (χ0v) is 11.6. The van der Waals surface area contributed by atoms with E-state index >= 15 is 0 Å². The van der Waals surface area contributed by atoms with Gasteiger partial charge in [0.25, 0.3) is 0 Å². The Hall–Kier alpha value is -1.79. The van der Waals surface area contributed by atoms with Gasteiger partial charge in [-0.2, -0.15) is 0 Å². The van der Waals surface area contributed by atoms with E-state index in [1.54, 1.807) is 23.8 Å². The molecule has 0 spiro atoms. The first-order chi connectivity index (χ1) is 8.82. The van der Waals surface area contributed by atoms with Crippen LogP contribution in [0.1, 0.15) is 13.8 Å². The topological polar surface area (TPSA) is 81.2 Å². The predicted molar refractivity (Wildman–Crippen MR) is 68.7 cm³/mol. The van der Waals surface area contributed by atoms with Crippen LogP contribution in [-0.4, -0.2) is 77.5 Å². The molecule has 1 aliphatic rings. The predicted octanol–water partition coefficient (Wildman–Crippen LogP) is -0.0770. The molecular formula is C12H21N3O4. The van der Waals surface area contributed by atoms with Crippen LogP contribution >= 0.6 is 0 Å². The minimum Gasteiger partial charge on any atom is -0.481 e. The van der Waals surface area contributed by atoms with Crippen molar-refractivity contribution in [3.05, 3.63) is 0 Å². The molecule has 0 radical (unpaired) electrons. The summed E-state index contributed by atoms with van der Waals surface area (Å²) >= 11 is 0. The van der Waals surface area contributed by atoms with Gasteiger partial charge in [0.1, 0.15) is 0 Å². The van der Waals surface area contributed by atoms with Crippen molar-refractivity contribution < 1.29 is 19.5 Å². The average Bonchev–Trinajstić information content (AvgIpc) is 2.37. The normalized spacial score (nSPS) is 17.0. The molecule has 0 aromatic rings. The number of carbonyl (C=O) groups is 3. The van der Waals surface area contributed by atoms with Crippen molar-refractivity contribution in [1.82, 2.24) is 14.7 Å². The van der Waals surface area contributed by atoms with Crippen molar-refractivity contribution in [3.63, 3.8) is 0 Å². The second kappa shape index (κ2) is 6.40. The van der Waals surface area contributed by atoms with Crippen LogP contribution in [0, 0.1) is 5.92 Å². The molecule has 108 valence electrons. The smallest absolute Gasteiger partial charge is 0.319 e. The molecule has 0 aromatic heterocycles. The third-order valence-corrected chi connectivity index (χ3v) is 3.29. The monoisotopic (exact) mass is 271 g/mol. The van der Waals surface area contributed by atoms with Crippen molar-refractivity contribution >= 4 is 17.9 Å². The summed E-state index contributed by atoms with van der Waals surface area (Å²) in [7, 11) is 1.60. The van der Waals surface area contributed by atoms with Crippen molar-refractivity contribution in [2.75, 3.05) is 39.8 Å². The van der Waals surface area contributed by atoms with E-state index in [2.05, 4.69) is 0 Å². The van der Waals surface area contributed by atoms with Gasteiger partial charge in [0.2, 0.25) is 5.91 Å². The maximum atomic E-state index is 12.1. The Morgan fingerprint density at radius 3 is 2.05 bits per heavy atom. The van der Waals surface area contributed by atoms with Gasteiger partial charge in [-0.25, -0.2) is 4.79 Å². The van der Waals surface area contributed by atoms with Crippen LogP contribution in [0.15, 0.2) is 0 Å². The lowest BCUT2D eigenvalue weighted by molar-refractivity contribution is -0.141. The summed E-state index contributed by atoms with van der Waals surface area (Å²) in [5, 5.41) is 8.82. The molecule has 1 heterocycles. The largest absolute Gasteiger partial charge is 0.481 e. The van der Waals surface area contributed by atoms with Crippen LogP contribution in [0.2, 0.25) is 0 Å². The van der Waals surface area contributed by atoms with Gasteiger partial charge in [0, 0.05) is 46.7 Å². The van der Waals surface area contributed by atoms with Crippen LogP contribution in [0.3, 0.4) is 0 Å². The van der Waals surface area contributed by atoms with E-state index in [1.165, 1.54) is 11.8 Å². The number of rotatable bonds is 3. The second-order valence-corrected chi connectivity index (χ2v) is 4.90. The van der Waals surface area contributed by atoms with Gasteiger partial charge in [-0.05, 0) is 0 Å². The number of carboxylic acids is 1. The molecule has 1 atom stereocenters. The van der Waals surface area contributed by atoms with Crippen LogP contribution in [-0.2, 0) is 9.59 Å². The number of aliphatic carboxylic acids is 1. The van der Waals surface area contributed by atoms with Crippen LogP contribution < -0.4 is 0 Å². The average molecular weight is 271 g/mol. The fourth-order valence-electron chi connectivity index (χ4n) is 2.02. The molecule has 19 heavy (non-hydrogen) atoms. The van der Waals surface area contributed by atoms with Crippen molar-refractivity contribution in [1.29, 1.82) is 0 Å². The summed E-state index contributed by atoms with van der Waals surface area (Å²) in [5.74, 6) is -1.49. The summed E-state index contributed by atoms with van der Waals surface area (Å²) < 4.78 is 0. The highest BCUT2D eigenvalue weighted by molar-refractivity contribution is 5.77. The van der Waals surface area contributed by atoms with Gasteiger partial charge in [-0.1, -0.05) is 6.92 Å². The third-order valence-electron chi connectivity index (χ3n) is 3.29. The molecule has 1 unspecified atom stereocenters. The summed E-state index contributed by atoms with van der Waals surface area (Å²) in [6, 6.07) is -0.184. The van der Waals surface area contributed by atoms with Crippen LogP contribution in [0.4, 0.5) is 4.79 Å². The van der Waals surface area contributed by atoms with Gasteiger partial charge < -0.3 is 19.8 Å². The van der Waals surface area contributed by atoms with Crippen molar-refractivity contribution in [2.45, 2.75) is 13.8 Å². The lowest BCUT2D eigenvalue weighted by atomic mass is 10.2. The molecule has 7 heteroatoms. The Morgan fingerprint density at radius 1 is 1.16 bits per heavy atom. The number of urea groups is 1. The molecule has 3 amide bonds. The van der Waals surface area contributed by atoms with Gasteiger partial charge in [0.15, 0.2) is 0 Å². The molecule has 1 saturated heterocycles. The maximum Gasteiger partial charge on any atom is 0.319 e. The third kappa shape index (κ3) is 4.11. The molecular weight excluding hydrogens is 250 g/mol. The lowest BCUT2D eigenvalue weighted by Gasteiger charge is -2.36. The number of piperazine rings is 1. The molecule has 7 nitrogen and oxygen atoms in total. The summed E-state index contributed by atoms with van der Waals surface area (Å²) in [5.41, 5.74) is 0. The van der Waals surface area contributed by atoms with Crippen molar-refractivity contribution in [3.8, 4) is 0 Å². The molecule has 1 aliphatic heterocycles. The maximum absolute atomic E-state index is 12.1. The molecule has 0 saturated carbocycles. The summed E-state index contributed by atoms with van der Waals surface area (Å²) in [6.07, 6.45) is 0. The Balaban J connectivity index is 2.46. The Morgan fingerprint density at radius 2 is 1.63 bits per heavy atom. The van der Waals surface area contributed by atoms with E-state index in [1.807, 2.05) is 0 Å². The number of carbonyl (C=O) groups excluding carboxylic acids is 2. The highest BCUT2D eigenvalue weighted by Gasteiger charge is 2.26. The summed E-state index contributed by atoms with van der Waals surface area (Å²) in [4.78, 5) is 38.8. The number of hydrogen-bond acceptors (Lipinski definition) is 3. The van der Waals surface area contributed by atoms with E-state index in [0.717, 1.165) is 0 Å². The second-order valence-electron chi connectivity index (χ2n) is 4.90. The van der Waals surface area contributed by atoms with Gasteiger partial charge in [-0.3, -0.25) is 9.59 Å². The van der Waals surface area contributed by atoms with E-state index < -0.39 is 11.9 Å². The van der Waals surface area contributed by atoms with E-state index in [0.29, 0.717) is 26.2 Å². The number of hydrogen-bond donors (Lipinski definition) is 1. The summed E-state index contributed by atoms with van der Waals surface area (Å²) in [6.45, 7) is 5.31. The van der Waals surface area contributed by atoms with Crippen molar-refractivity contribution in [2.24, 2.45) is 5.92 Å². The Bertz CT molecular complexity index is 364. The minimum absolute atomic E-state index is 0.0138. The molecule has 0 aromatic carbocycles. The van der Waals surface area contributed by atoms with E-state index in [4.69, 9.17) is 5.11 Å². The molecule has 1 N–H and O–H groups in total. The van der Waals surface area contributed by atoms with Gasteiger partial charge in [-0.15, -0.1) is 0 Å². The van der Waals surface area contributed by atoms with Gasteiger partial charge in [0.05, 0.1) is 5.92 Å². The minimum atomic E-state index is -0.916. The molecule has 1 rings (SSSR count). The Labute approximate surface area is 112 Å². The molecule has 0 bridgehead atoms. The number of nitrogens with zero attached hydrogens (tertiary/aromatic N) is 3. The standard InChI is InChI=1S/C12H21N3O4/c1-9(11(17)18)8-13(3)12(19)15-6-4-14(5-7-15)10(2)16/h9H,4-8H2,1-3H3,(H,17,18). The lowest BCUT2D eigenvalue weighted by Crippen LogP contribution is -2.53. The quantitative estimate of drug-likeness (QED) is 0.778. The molecule has 1 fully saturated rings. The zero-order chi connectivity index (χ0) is 14.6. The Kier molecular flexibility index (Phi) is 5.14. The van der Waals surface area contributed by atoms with Crippen LogP contribution in [0.5, 0.6) is 0 Å². The highest BCUT2D eigenvalue weighted by atomic mass is 16.4. The highest BCUT2D eigenvalue weighted by Crippen LogP contribution is 2.07. The first-order valence-corrected chi connectivity index (χ1v) is 6.31. The van der Waals surface area contributed by atoms with E-state index in [9.17, 15) is 14.4 Å². The fourth-order valence-corrected chi connectivity index (χ4v) is 2.02. The first-order valence-electron chi connectivity index (χ1n) is 6.31. The number of amides is 3. The molecule has 0 aliphatic carbocycles. The van der Waals surface area contributed by atoms with Crippen LogP contribution in [0.25, 0.3) is 0 Å². The first kappa shape index (κ1) is 15.3. The SMILES string of the molecule is CC(=O)N1CCN(C(=O)N(C)CC(C)C(=O)O)CC1. The number of carboxylic acid groups (broad SMARTS) is 1. The van der Waals surface area contributed by atoms with Gasteiger partial charge >= 0.3 is 12.0 Å². The van der Waals surface area contributed by atoms with E-state index in [-0.39, 0.29) is 18.5 Å². The zero-order valence-electron chi connectivity index (χ0n) is 11.6. The fraction of sp³-hybridized carbons (Fsp3) is 0.750.